The van der Waals surface area contributed by atoms with E-state index in [1.807, 2.05) is 7.05 Å². The van der Waals surface area contributed by atoms with Crippen LogP contribution in [0.1, 0.15) is 12.8 Å². The Balaban J connectivity index is 2.04. The molecule has 6 heteroatoms. The second-order valence-corrected chi connectivity index (χ2v) is 3.22. The van der Waals surface area contributed by atoms with Crippen LogP contribution in [-0.2, 0) is 11.3 Å². The van der Waals surface area contributed by atoms with E-state index in [0.29, 0.717) is 13.0 Å². The molecule has 0 aliphatic heterocycles. The summed E-state index contributed by atoms with van der Waals surface area (Å²) >= 11 is 0. The molecule has 0 radical (unpaired) electrons. The van der Waals surface area contributed by atoms with Gasteiger partial charge in [-0.05, 0) is 20.0 Å². The summed E-state index contributed by atoms with van der Waals surface area (Å²) in [6, 6.07) is 0. The Morgan fingerprint density at radius 2 is 2.33 bits per heavy atom. The van der Waals surface area contributed by atoms with Crippen LogP contribution in [0.4, 0.5) is 0 Å². The van der Waals surface area contributed by atoms with Crippen LogP contribution in [0.3, 0.4) is 0 Å². The molecule has 0 saturated carbocycles. The molecule has 1 rings (SSSR count). The third-order valence-corrected chi connectivity index (χ3v) is 1.96. The average Bonchev–Trinajstić information content (AvgIpc) is 2.74. The highest BCUT2D eigenvalue weighted by Crippen LogP contribution is 1.87. The molecule has 84 valence electrons. The monoisotopic (exact) mass is 211 g/mol. The van der Waals surface area contributed by atoms with Gasteiger partial charge in [-0.25, -0.2) is 4.98 Å². The van der Waals surface area contributed by atoms with Crippen molar-refractivity contribution < 1.29 is 4.79 Å². The molecular formula is C9H17N5O. The van der Waals surface area contributed by atoms with Crippen molar-refractivity contribution in [2.45, 2.75) is 19.4 Å². The van der Waals surface area contributed by atoms with Crippen molar-refractivity contribution in [3.8, 4) is 0 Å². The largest absolute Gasteiger partial charge is 0.356 e. The molecule has 1 aromatic heterocycles. The normalized spacial score (nSPS) is 10.2. The van der Waals surface area contributed by atoms with Crippen molar-refractivity contribution >= 4 is 5.91 Å². The van der Waals surface area contributed by atoms with Crippen molar-refractivity contribution in [1.82, 2.24) is 25.4 Å². The molecular weight excluding hydrogens is 194 g/mol. The summed E-state index contributed by atoms with van der Waals surface area (Å²) in [5.74, 6) is 0.0570. The summed E-state index contributed by atoms with van der Waals surface area (Å²) < 4.78 is 1.65. The summed E-state index contributed by atoms with van der Waals surface area (Å²) in [7, 11) is 1.90. The zero-order chi connectivity index (χ0) is 10.9. The van der Waals surface area contributed by atoms with Gasteiger partial charge in [0.05, 0.1) is 6.54 Å². The first-order valence-corrected chi connectivity index (χ1v) is 5.06. The Morgan fingerprint density at radius 1 is 1.47 bits per heavy atom. The molecule has 0 unspecified atom stereocenters. The molecule has 1 heterocycles. The van der Waals surface area contributed by atoms with Crippen molar-refractivity contribution in [3.63, 3.8) is 0 Å². The Hall–Kier alpha value is -1.43. The first kappa shape index (κ1) is 11.6. The van der Waals surface area contributed by atoms with Gasteiger partial charge in [0.1, 0.15) is 12.7 Å². The van der Waals surface area contributed by atoms with E-state index in [1.165, 1.54) is 6.33 Å². The Morgan fingerprint density at radius 3 is 3.00 bits per heavy atom. The van der Waals surface area contributed by atoms with E-state index in [9.17, 15) is 4.79 Å². The maximum Gasteiger partial charge on any atom is 0.221 e. The lowest BCUT2D eigenvalue weighted by Crippen LogP contribution is -2.27. The summed E-state index contributed by atoms with van der Waals surface area (Å²) in [6.07, 6.45) is 4.47. The maximum absolute atomic E-state index is 11.3. The highest BCUT2D eigenvalue weighted by molar-refractivity contribution is 5.75. The Bertz CT molecular complexity index is 272. The third kappa shape index (κ3) is 5.11. The van der Waals surface area contributed by atoms with Crippen molar-refractivity contribution in [3.05, 3.63) is 12.7 Å². The molecule has 2 N–H and O–H groups in total. The van der Waals surface area contributed by atoms with Crippen LogP contribution in [0, 0.1) is 0 Å². The minimum absolute atomic E-state index is 0.0570. The molecule has 15 heavy (non-hydrogen) atoms. The fourth-order valence-electron chi connectivity index (χ4n) is 1.15. The topological polar surface area (TPSA) is 71.8 Å². The maximum atomic E-state index is 11.3. The van der Waals surface area contributed by atoms with Crippen LogP contribution >= 0.6 is 0 Å². The van der Waals surface area contributed by atoms with Gasteiger partial charge in [0.2, 0.25) is 5.91 Å². The lowest BCUT2D eigenvalue weighted by atomic mass is 10.3. The Labute approximate surface area is 89.1 Å². The van der Waals surface area contributed by atoms with Crippen molar-refractivity contribution in [1.29, 1.82) is 0 Å². The molecule has 0 bridgehead atoms. The van der Waals surface area contributed by atoms with E-state index in [1.54, 1.807) is 11.0 Å². The van der Waals surface area contributed by atoms with Gasteiger partial charge in [-0.3, -0.25) is 9.48 Å². The van der Waals surface area contributed by atoms with Crippen LogP contribution in [0.25, 0.3) is 0 Å². The van der Waals surface area contributed by atoms with E-state index >= 15 is 0 Å². The second-order valence-electron chi connectivity index (χ2n) is 3.22. The first-order valence-electron chi connectivity index (χ1n) is 5.06. The number of aromatic nitrogens is 3. The van der Waals surface area contributed by atoms with Gasteiger partial charge in [-0.1, -0.05) is 0 Å². The van der Waals surface area contributed by atoms with Crippen LogP contribution in [-0.4, -0.2) is 40.8 Å². The van der Waals surface area contributed by atoms with Crippen molar-refractivity contribution in [2.24, 2.45) is 0 Å². The second kappa shape index (κ2) is 6.94. The lowest BCUT2D eigenvalue weighted by Gasteiger charge is -2.04. The van der Waals surface area contributed by atoms with Crippen LogP contribution < -0.4 is 10.6 Å². The molecule has 0 aliphatic rings. The molecule has 0 aliphatic carbocycles. The summed E-state index contributed by atoms with van der Waals surface area (Å²) in [6.45, 7) is 2.22. The van der Waals surface area contributed by atoms with Crippen LogP contribution in [0.15, 0.2) is 12.7 Å². The third-order valence-electron chi connectivity index (χ3n) is 1.96. The van der Waals surface area contributed by atoms with Gasteiger partial charge in [0, 0.05) is 13.0 Å². The smallest absolute Gasteiger partial charge is 0.221 e. The van der Waals surface area contributed by atoms with Gasteiger partial charge in [0.15, 0.2) is 0 Å². The number of amides is 1. The minimum Gasteiger partial charge on any atom is -0.356 e. The lowest BCUT2D eigenvalue weighted by molar-refractivity contribution is -0.121. The minimum atomic E-state index is 0.0570. The quantitative estimate of drug-likeness (QED) is 0.590. The van der Waals surface area contributed by atoms with E-state index in [4.69, 9.17) is 0 Å². The predicted molar refractivity (Wildman–Crippen MR) is 56.2 cm³/mol. The summed E-state index contributed by atoms with van der Waals surface area (Å²) in [5.41, 5.74) is 0. The summed E-state index contributed by atoms with van der Waals surface area (Å²) in [4.78, 5) is 15.1. The molecule has 1 amide bonds. The van der Waals surface area contributed by atoms with E-state index < -0.39 is 0 Å². The Kier molecular flexibility index (Phi) is 5.39. The number of carbonyl (C=O) groups is 1. The van der Waals surface area contributed by atoms with Gasteiger partial charge in [-0.2, -0.15) is 5.10 Å². The number of aryl methyl sites for hydroxylation is 1. The first-order chi connectivity index (χ1) is 7.33. The molecule has 0 aromatic carbocycles. The van der Waals surface area contributed by atoms with E-state index in [-0.39, 0.29) is 5.91 Å². The molecule has 0 saturated heterocycles. The number of hydrogen-bond acceptors (Lipinski definition) is 4. The molecule has 0 fully saturated rings. The average molecular weight is 211 g/mol. The predicted octanol–water partition coefficient (Wildman–Crippen LogP) is -0.606. The van der Waals surface area contributed by atoms with Gasteiger partial charge in [-0.15, -0.1) is 0 Å². The van der Waals surface area contributed by atoms with Gasteiger partial charge >= 0.3 is 0 Å². The SMILES string of the molecule is CNCCCNC(=O)CCn1cncn1. The number of rotatable bonds is 7. The number of carbonyl (C=O) groups excluding carboxylic acids is 1. The number of nitrogens with one attached hydrogen (secondary N) is 2. The van der Waals surface area contributed by atoms with Gasteiger partial charge in [0.25, 0.3) is 0 Å². The fraction of sp³-hybridized carbons (Fsp3) is 0.667. The zero-order valence-corrected chi connectivity index (χ0v) is 8.94. The molecule has 0 atom stereocenters. The van der Waals surface area contributed by atoms with E-state index in [0.717, 1.165) is 19.5 Å². The van der Waals surface area contributed by atoms with Gasteiger partial charge < -0.3 is 10.6 Å². The molecule has 6 nitrogen and oxygen atoms in total. The number of hydrogen-bond donors (Lipinski definition) is 2. The zero-order valence-electron chi connectivity index (χ0n) is 8.94. The van der Waals surface area contributed by atoms with Crippen LogP contribution in [0.5, 0.6) is 0 Å². The number of nitrogens with zero attached hydrogens (tertiary/aromatic N) is 3. The standard InChI is InChI=1S/C9H17N5O/c1-10-4-2-5-12-9(15)3-6-14-8-11-7-13-14/h7-8,10H,2-6H2,1H3,(H,12,15). The summed E-state index contributed by atoms with van der Waals surface area (Å²) in [5, 5.41) is 9.78. The van der Waals surface area contributed by atoms with Crippen molar-refractivity contribution in [2.75, 3.05) is 20.1 Å². The molecule has 0 spiro atoms. The molecule has 1 aromatic rings. The van der Waals surface area contributed by atoms with E-state index in [2.05, 4.69) is 20.7 Å². The highest BCUT2D eigenvalue weighted by Gasteiger charge is 2.00. The fourth-order valence-corrected chi connectivity index (χ4v) is 1.15. The highest BCUT2D eigenvalue weighted by atomic mass is 16.1. The van der Waals surface area contributed by atoms with Crippen LogP contribution in [0.2, 0.25) is 0 Å².